The van der Waals surface area contributed by atoms with E-state index in [4.69, 9.17) is 37.0 Å². The molecule has 2 unspecified atom stereocenters. The number of phosphoric ester groups is 2. The number of rotatable bonds is 80. The third-order valence-corrected chi connectivity index (χ3v) is 20.4. The smallest absolute Gasteiger partial charge is 0.462 e. The Kier molecular flexibility index (Phi) is 73.0. The van der Waals surface area contributed by atoms with E-state index in [2.05, 4.69) is 52.0 Å². The number of carbonyl (C=O) groups excluding carboxylic acids is 4. The topological polar surface area (TPSA) is 237 Å². The molecule has 19 heteroatoms. The molecule has 0 aromatic heterocycles. The van der Waals surface area contributed by atoms with Crippen molar-refractivity contribution in [3.8, 4) is 0 Å². The Morgan fingerprint density at radius 3 is 0.760 bits per heavy atom. The minimum atomic E-state index is -4.97. The maximum Gasteiger partial charge on any atom is 0.472 e. The van der Waals surface area contributed by atoms with Crippen molar-refractivity contribution in [1.82, 2.24) is 0 Å². The molecular formula is C81H154O17P2. The summed E-state index contributed by atoms with van der Waals surface area (Å²) in [5, 5.41) is 10.6. The van der Waals surface area contributed by atoms with Crippen LogP contribution >= 0.6 is 15.6 Å². The summed E-state index contributed by atoms with van der Waals surface area (Å²) in [6.07, 6.45) is 70.0. The summed E-state index contributed by atoms with van der Waals surface area (Å²) >= 11 is 0. The largest absolute Gasteiger partial charge is 0.472 e. The van der Waals surface area contributed by atoms with Crippen molar-refractivity contribution in [3.05, 3.63) is 24.3 Å². The second-order valence-corrected chi connectivity index (χ2v) is 31.4. The number of carbonyl (C=O) groups is 4. The molecule has 3 N–H and O–H groups in total. The number of phosphoric acid groups is 2. The number of ether oxygens (including phenoxy) is 4. The molecule has 0 rings (SSSR count). The highest BCUT2D eigenvalue weighted by Crippen LogP contribution is 2.45. The van der Waals surface area contributed by atoms with Crippen LogP contribution in [0.5, 0.6) is 0 Å². The molecule has 17 nitrogen and oxygen atoms in total. The molecule has 0 amide bonds. The van der Waals surface area contributed by atoms with E-state index in [9.17, 15) is 43.2 Å². The van der Waals surface area contributed by atoms with Crippen LogP contribution in [0.15, 0.2) is 24.3 Å². The highest BCUT2D eigenvalue weighted by atomic mass is 31.2. The van der Waals surface area contributed by atoms with Crippen LogP contribution in [0.4, 0.5) is 0 Å². The summed E-state index contributed by atoms with van der Waals surface area (Å²) in [4.78, 5) is 73.0. The first kappa shape index (κ1) is 97.5. The number of aliphatic hydroxyl groups is 1. The van der Waals surface area contributed by atoms with Gasteiger partial charge in [0.2, 0.25) is 0 Å². The lowest BCUT2D eigenvalue weighted by Crippen LogP contribution is -2.30. The van der Waals surface area contributed by atoms with Gasteiger partial charge in [-0.1, -0.05) is 354 Å². The molecule has 5 atom stereocenters. The van der Waals surface area contributed by atoms with Crippen molar-refractivity contribution in [2.45, 2.75) is 431 Å². The van der Waals surface area contributed by atoms with E-state index in [-0.39, 0.29) is 25.7 Å². The average Bonchev–Trinajstić information content (AvgIpc) is 0.944. The lowest BCUT2D eigenvalue weighted by Gasteiger charge is -2.21. The second kappa shape index (κ2) is 74.8. The van der Waals surface area contributed by atoms with Gasteiger partial charge in [0.05, 0.1) is 26.4 Å². The van der Waals surface area contributed by atoms with Gasteiger partial charge >= 0.3 is 39.5 Å². The fraction of sp³-hybridized carbons (Fsp3) is 0.901. The number of unbranched alkanes of at least 4 members (excludes halogenated alkanes) is 50. The van der Waals surface area contributed by atoms with Crippen LogP contribution < -0.4 is 0 Å². The minimum Gasteiger partial charge on any atom is -0.462 e. The predicted molar refractivity (Wildman–Crippen MR) is 409 cm³/mol. The number of hydrogen-bond acceptors (Lipinski definition) is 15. The summed E-state index contributed by atoms with van der Waals surface area (Å²) in [7, 11) is -9.93. The number of hydrogen-bond donors (Lipinski definition) is 3. The van der Waals surface area contributed by atoms with Crippen LogP contribution in [0.1, 0.15) is 413 Å². The fourth-order valence-electron chi connectivity index (χ4n) is 12.1. The van der Waals surface area contributed by atoms with Crippen molar-refractivity contribution in [3.63, 3.8) is 0 Å². The van der Waals surface area contributed by atoms with Gasteiger partial charge in [-0.25, -0.2) is 9.13 Å². The zero-order chi connectivity index (χ0) is 73.2. The van der Waals surface area contributed by atoms with Crippen molar-refractivity contribution >= 4 is 39.5 Å². The third-order valence-electron chi connectivity index (χ3n) is 18.4. The van der Waals surface area contributed by atoms with Gasteiger partial charge < -0.3 is 33.8 Å². The zero-order valence-electron chi connectivity index (χ0n) is 64.7. The first-order valence-electron chi connectivity index (χ1n) is 41.6. The van der Waals surface area contributed by atoms with Gasteiger partial charge in [0.15, 0.2) is 12.2 Å². The predicted octanol–water partition coefficient (Wildman–Crippen LogP) is 24.1. The normalized spacial score (nSPS) is 13.9. The Bertz CT molecular complexity index is 1990. The Labute approximate surface area is 612 Å². The molecule has 0 saturated heterocycles. The molecule has 100 heavy (non-hydrogen) atoms. The van der Waals surface area contributed by atoms with E-state index in [0.717, 1.165) is 116 Å². The maximum atomic E-state index is 13.1. The van der Waals surface area contributed by atoms with Gasteiger partial charge in [-0.3, -0.25) is 37.3 Å². The van der Waals surface area contributed by atoms with Crippen molar-refractivity contribution in [1.29, 1.82) is 0 Å². The van der Waals surface area contributed by atoms with Crippen molar-refractivity contribution in [2.24, 2.45) is 0 Å². The highest BCUT2D eigenvalue weighted by molar-refractivity contribution is 7.47. The molecule has 0 aliphatic carbocycles. The first-order chi connectivity index (χ1) is 48.7. The number of aliphatic hydroxyl groups excluding tert-OH is 1. The van der Waals surface area contributed by atoms with Crippen molar-refractivity contribution < 1.29 is 80.2 Å². The Hall–Kier alpha value is -2.46. The van der Waals surface area contributed by atoms with Crippen LogP contribution in [-0.4, -0.2) is 96.7 Å². The molecule has 0 saturated carbocycles. The molecule has 0 aromatic rings. The van der Waals surface area contributed by atoms with Gasteiger partial charge in [-0.05, 0) is 57.8 Å². The van der Waals surface area contributed by atoms with Crippen LogP contribution in [0.3, 0.4) is 0 Å². The van der Waals surface area contributed by atoms with Gasteiger partial charge in [-0.2, -0.15) is 0 Å². The molecule has 0 bridgehead atoms. The van der Waals surface area contributed by atoms with Crippen LogP contribution in [0.2, 0.25) is 0 Å². The fourth-order valence-corrected chi connectivity index (χ4v) is 13.7. The zero-order valence-corrected chi connectivity index (χ0v) is 66.5. The molecule has 0 fully saturated rings. The minimum absolute atomic E-state index is 0.103. The molecule has 0 aromatic carbocycles. The van der Waals surface area contributed by atoms with E-state index >= 15 is 0 Å². The molecular weight excluding hydrogens is 1310 g/mol. The molecule has 0 heterocycles. The Morgan fingerprint density at radius 2 is 0.490 bits per heavy atom. The summed E-state index contributed by atoms with van der Waals surface area (Å²) in [5.74, 6) is -2.13. The van der Waals surface area contributed by atoms with Crippen LogP contribution in [0, 0.1) is 0 Å². The lowest BCUT2D eigenvalue weighted by atomic mass is 10.0. The lowest BCUT2D eigenvalue weighted by molar-refractivity contribution is -0.161. The summed E-state index contributed by atoms with van der Waals surface area (Å²) in [6, 6.07) is 0. The van der Waals surface area contributed by atoms with Gasteiger partial charge in [0.25, 0.3) is 0 Å². The molecule has 590 valence electrons. The summed E-state index contributed by atoms with van der Waals surface area (Å²) in [5.41, 5.74) is 0. The van der Waals surface area contributed by atoms with Gasteiger partial charge in [0, 0.05) is 25.7 Å². The monoisotopic (exact) mass is 1460 g/mol. The molecule has 0 spiro atoms. The van der Waals surface area contributed by atoms with E-state index in [1.54, 1.807) is 0 Å². The number of allylic oxidation sites excluding steroid dienone is 4. The summed E-state index contributed by atoms with van der Waals surface area (Å²) in [6.45, 7) is 4.97. The first-order valence-corrected chi connectivity index (χ1v) is 44.6. The average molecular weight is 1460 g/mol. The standard InChI is InChI=1S/C81H154O17P2/c1-5-9-13-17-21-25-29-33-36-37-40-44-48-52-56-60-64-68-81(86)98-77(72-92-79(84)66-62-58-54-50-46-43-39-35-31-27-23-19-15-11-7-3)74-96-100(89,90)94-70-75(82)69-93-99(87,88)95-73-76(97-80(85)67-63-59-55-51-47-41-32-28-24-20-16-12-8-4)71-91-78(83)65-61-57-53-49-45-42-38-34-30-26-22-18-14-10-6-2/h23,27,35,39,75-77,82H,5-22,24-26,28-34,36-38,40-74H2,1-4H3,(H,87,88)(H,89,90)/b27-23-,39-35-/t75-,76+,77+/m0/s1. The van der Waals surface area contributed by atoms with Crippen molar-refractivity contribution in [2.75, 3.05) is 39.6 Å². The van der Waals surface area contributed by atoms with Crippen LogP contribution in [0.25, 0.3) is 0 Å². The Balaban J connectivity index is 5.29. The quantitative estimate of drug-likeness (QED) is 0.0169. The van der Waals surface area contributed by atoms with E-state index < -0.39 is 97.5 Å². The molecule has 0 radical (unpaired) electrons. The van der Waals surface area contributed by atoms with Crippen LogP contribution in [-0.2, 0) is 65.4 Å². The maximum absolute atomic E-state index is 13.1. The van der Waals surface area contributed by atoms with E-state index in [1.807, 2.05) is 0 Å². The van der Waals surface area contributed by atoms with E-state index in [1.165, 1.54) is 218 Å². The highest BCUT2D eigenvalue weighted by Gasteiger charge is 2.30. The van der Waals surface area contributed by atoms with E-state index in [0.29, 0.717) is 25.7 Å². The SMILES string of the molecule is CCCCC/C=C\C/C=C\CCCCCCCC(=O)OC[C@H](COP(=O)(O)OC[C@@H](O)COP(=O)(O)OC[C@@H](COC(=O)CCCCCCCCCCCCCCCCC)OC(=O)CCCCCCCCCCCCCCC)OC(=O)CCCCCCCCCCCCCCCCCCC. The Morgan fingerprint density at radius 1 is 0.280 bits per heavy atom. The molecule has 0 aliphatic heterocycles. The van der Waals surface area contributed by atoms with Gasteiger partial charge in [-0.15, -0.1) is 0 Å². The summed E-state index contributed by atoms with van der Waals surface area (Å²) < 4.78 is 68.7. The second-order valence-electron chi connectivity index (χ2n) is 28.4. The number of esters is 4. The van der Waals surface area contributed by atoms with Gasteiger partial charge in [0.1, 0.15) is 19.3 Å². The molecule has 0 aliphatic rings. The third kappa shape index (κ3) is 73.8.